The molecule has 2 aromatic rings. The molecule has 2 heterocycles. The first kappa shape index (κ1) is 13.5. The van der Waals surface area contributed by atoms with Crippen LogP contribution in [0.2, 0.25) is 0 Å². The molecule has 0 fully saturated rings. The van der Waals surface area contributed by atoms with Crippen molar-refractivity contribution in [3.8, 4) is 0 Å². The zero-order valence-corrected chi connectivity index (χ0v) is 11.0. The smallest absolute Gasteiger partial charge is 0.226 e. The van der Waals surface area contributed by atoms with Crippen LogP contribution >= 0.6 is 0 Å². The number of hydrogen-bond acceptors (Lipinski definition) is 7. The molecule has 0 aliphatic carbocycles. The van der Waals surface area contributed by atoms with Gasteiger partial charge in [-0.3, -0.25) is 5.10 Å². The summed E-state index contributed by atoms with van der Waals surface area (Å²) < 4.78 is 4.87. The second-order valence-corrected chi connectivity index (χ2v) is 4.10. The summed E-state index contributed by atoms with van der Waals surface area (Å²) in [4.78, 5) is 8.57. The number of aromatic nitrogens is 4. The van der Waals surface area contributed by atoms with Crippen molar-refractivity contribution in [3.63, 3.8) is 0 Å². The third-order valence-electron chi connectivity index (χ3n) is 2.66. The number of ether oxygens (including phenoxy) is 1. The van der Waals surface area contributed by atoms with Crippen molar-refractivity contribution in [1.29, 1.82) is 0 Å². The molecule has 0 radical (unpaired) electrons. The fraction of sp³-hybridized carbons (Fsp3) is 0.545. The molecule has 0 bridgehead atoms. The molecule has 2 rings (SSSR count). The predicted octanol–water partition coefficient (Wildman–Crippen LogP) is 0.204. The molecular formula is C11H18N6O2. The van der Waals surface area contributed by atoms with Crippen molar-refractivity contribution in [2.75, 3.05) is 37.9 Å². The third-order valence-corrected chi connectivity index (χ3v) is 2.66. The lowest BCUT2D eigenvalue weighted by atomic mass is 10.2. The van der Waals surface area contributed by atoms with Gasteiger partial charge in [-0.05, 0) is 6.42 Å². The Morgan fingerprint density at radius 3 is 3.05 bits per heavy atom. The molecule has 0 aliphatic rings. The van der Waals surface area contributed by atoms with E-state index in [1.54, 1.807) is 20.4 Å². The highest BCUT2D eigenvalue weighted by Gasteiger charge is 2.09. The van der Waals surface area contributed by atoms with Crippen molar-refractivity contribution in [3.05, 3.63) is 6.20 Å². The summed E-state index contributed by atoms with van der Waals surface area (Å²) in [7, 11) is 3.32. The Kier molecular flexibility index (Phi) is 4.48. The van der Waals surface area contributed by atoms with Crippen molar-refractivity contribution in [1.82, 2.24) is 20.2 Å². The Hall–Kier alpha value is -1.93. The van der Waals surface area contributed by atoms with Crippen molar-refractivity contribution in [2.24, 2.45) is 0 Å². The molecule has 8 heteroatoms. The SMILES string of the molecule is CNc1nc(NCCC(O)COC)c2cn[nH]c2n1. The lowest BCUT2D eigenvalue weighted by molar-refractivity contribution is 0.0615. The summed E-state index contributed by atoms with van der Waals surface area (Å²) in [5.74, 6) is 1.20. The van der Waals surface area contributed by atoms with Crippen LogP contribution in [0.4, 0.5) is 11.8 Å². The van der Waals surface area contributed by atoms with Crippen LogP contribution in [0.1, 0.15) is 6.42 Å². The van der Waals surface area contributed by atoms with E-state index in [9.17, 15) is 5.11 Å². The monoisotopic (exact) mass is 266 g/mol. The summed E-state index contributed by atoms with van der Waals surface area (Å²) in [5, 5.41) is 23.2. The van der Waals surface area contributed by atoms with Gasteiger partial charge in [0.2, 0.25) is 5.95 Å². The number of aromatic amines is 1. The highest BCUT2D eigenvalue weighted by Crippen LogP contribution is 2.19. The van der Waals surface area contributed by atoms with E-state index < -0.39 is 6.10 Å². The quantitative estimate of drug-likeness (QED) is 0.567. The van der Waals surface area contributed by atoms with Gasteiger partial charge in [-0.1, -0.05) is 0 Å². The second kappa shape index (κ2) is 6.30. The average Bonchev–Trinajstić information content (AvgIpc) is 2.87. The van der Waals surface area contributed by atoms with Gasteiger partial charge in [0.15, 0.2) is 5.65 Å². The van der Waals surface area contributed by atoms with E-state index >= 15 is 0 Å². The maximum absolute atomic E-state index is 9.57. The number of nitrogens with one attached hydrogen (secondary N) is 3. The number of methoxy groups -OCH3 is 1. The number of nitrogens with zero attached hydrogens (tertiary/aromatic N) is 3. The lowest BCUT2D eigenvalue weighted by Gasteiger charge is -2.11. The molecular weight excluding hydrogens is 248 g/mol. The first-order valence-electron chi connectivity index (χ1n) is 6.04. The Bertz CT molecular complexity index is 529. The molecule has 1 atom stereocenters. The van der Waals surface area contributed by atoms with E-state index in [2.05, 4.69) is 30.8 Å². The molecule has 4 N–H and O–H groups in total. The highest BCUT2D eigenvalue weighted by atomic mass is 16.5. The molecule has 2 aromatic heterocycles. The number of H-pyrrole nitrogens is 1. The molecule has 1 unspecified atom stereocenters. The topological polar surface area (TPSA) is 108 Å². The standard InChI is InChI=1S/C11H18N6O2/c1-12-11-15-9(8-5-14-17-10(8)16-11)13-4-3-7(18)6-19-2/h5,7,18H,3-4,6H2,1-2H3,(H3,12,13,14,15,16,17). The van der Waals surface area contributed by atoms with Crippen LogP contribution in [-0.2, 0) is 4.74 Å². The minimum absolute atomic E-state index is 0.328. The van der Waals surface area contributed by atoms with Crippen LogP contribution in [0.5, 0.6) is 0 Å². The summed E-state index contributed by atoms with van der Waals surface area (Å²) in [6.45, 7) is 0.916. The Morgan fingerprint density at radius 1 is 1.47 bits per heavy atom. The predicted molar refractivity (Wildman–Crippen MR) is 72.2 cm³/mol. The summed E-state index contributed by atoms with van der Waals surface area (Å²) in [5.41, 5.74) is 0.666. The molecule has 8 nitrogen and oxygen atoms in total. The van der Waals surface area contributed by atoms with Crippen LogP contribution in [0.15, 0.2) is 6.20 Å². The van der Waals surface area contributed by atoms with Gasteiger partial charge in [-0.15, -0.1) is 0 Å². The largest absolute Gasteiger partial charge is 0.391 e. The van der Waals surface area contributed by atoms with Gasteiger partial charge in [-0.2, -0.15) is 15.1 Å². The van der Waals surface area contributed by atoms with Crippen LogP contribution in [0.25, 0.3) is 11.0 Å². The molecule has 104 valence electrons. The molecule has 0 aliphatic heterocycles. The highest BCUT2D eigenvalue weighted by molar-refractivity contribution is 5.86. The fourth-order valence-electron chi connectivity index (χ4n) is 1.71. The Morgan fingerprint density at radius 2 is 2.32 bits per heavy atom. The summed E-state index contributed by atoms with van der Waals surface area (Å²) >= 11 is 0. The van der Waals surface area contributed by atoms with Gasteiger partial charge < -0.3 is 20.5 Å². The molecule has 0 spiro atoms. The third kappa shape index (κ3) is 3.30. The number of aliphatic hydroxyl groups excluding tert-OH is 1. The zero-order chi connectivity index (χ0) is 13.7. The number of anilines is 2. The minimum atomic E-state index is -0.483. The van der Waals surface area contributed by atoms with Gasteiger partial charge in [-0.25, -0.2) is 0 Å². The number of aliphatic hydroxyl groups is 1. The number of fused-ring (bicyclic) bond motifs is 1. The lowest BCUT2D eigenvalue weighted by Crippen LogP contribution is -2.18. The molecule has 0 saturated heterocycles. The normalized spacial score (nSPS) is 12.6. The maximum Gasteiger partial charge on any atom is 0.226 e. The maximum atomic E-state index is 9.57. The first-order valence-corrected chi connectivity index (χ1v) is 6.04. The molecule has 0 amide bonds. The van der Waals surface area contributed by atoms with E-state index in [-0.39, 0.29) is 0 Å². The molecule has 0 saturated carbocycles. The van der Waals surface area contributed by atoms with Crippen LogP contribution in [0.3, 0.4) is 0 Å². The first-order chi connectivity index (χ1) is 9.24. The second-order valence-electron chi connectivity index (χ2n) is 4.10. The number of hydrogen-bond donors (Lipinski definition) is 4. The average molecular weight is 266 g/mol. The molecule has 19 heavy (non-hydrogen) atoms. The number of rotatable bonds is 7. The summed E-state index contributed by atoms with van der Waals surface area (Å²) in [6, 6.07) is 0. The van der Waals surface area contributed by atoms with E-state index in [1.165, 1.54) is 0 Å². The van der Waals surface area contributed by atoms with E-state index in [4.69, 9.17) is 4.74 Å². The van der Waals surface area contributed by atoms with Gasteiger partial charge in [0, 0.05) is 20.7 Å². The van der Waals surface area contributed by atoms with Gasteiger partial charge in [0.25, 0.3) is 0 Å². The van der Waals surface area contributed by atoms with Crippen molar-refractivity contribution in [2.45, 2.75) is 12.5 Å². The van der Waals surface area contributed by atoms with Gasteiger partial charge >= 0.3 is 0 Å². The summed E-state index contributed by atoms with van der Waals surface area (Å²) in [6.07, 6.45) is 1.76. The Labute approximate surface area is 110 Å². The van der Waals surface area contributed by atoms with Gasteiger partial charge in [0.1, 0.15) is 5.82 Å². The van der Waals surface area contributed by atoms with E-state index in [0.29, 0.717) is 37.0 Å². The zero-order valence-electron chi connectivity index (χ0n) is 11.0. The van der Waals surface area contributed by atoms with Crippen LogP contribution < -0.4 is 10.6 Å². The van der Waals surface area contributed by atoms with E-state index in [1.807, 2.05) is 0 Å². The van der Waals surface area contributed by atoms with Crippen molar-refractivity contribution < 1.29 is 9.84 Å². The van der Waals surface area contributed by atoms with Crippen LogP contribution in [-0.4, -0.2) is 58.7 Å². The van der Waals surface area contributed by atoms with E-state index in [0.717, 1.165) is 5.39 Å². The van der Waals surface area contributed by atoms with Crippen LogP contribution in [0, 0.1) is 0 Å². The fourth-order valence-corrected chi connectivity index (χ4v) is 1.71. The molecule has 0 aromatic carbocycles. The minimum Gasteiger partial charge on any atom is -0.391 e. The van der Waals surface area contributed by atoms with Gasteiger partial charge in [0.05, 0.1) is 24.3 Å². The van der Waals surface area contributed by atoms with Crippen molar-refractivity contribution >= 4 is 22.8 Å². The Balaban J connectivity index is 2.04.